The largest absolute Gasteiger partial charge is 0.338 e. The Bertz CT molecular complexity index is 934. The molecule has 1 saturated heterocycles. The molecule has 1 fully saturated rings. The first-order valence-electron chi connectivity index (χ1n) is 8.36. The summed E-state index contributed by atoms with van der Waals surface area (Å²) in [5.74, 6) is -0.205. The fourth-order valence-corrected chi connectivity index (χ4v) is 3.27. The molecule has 0 radical (unpaired) electrons. The molecule has 1 atom stereocenters. The maximum atomic E-state index is 12.5. The van der Waals surface area contributed by atoms with E-state index in [2.05, 4.69) is 15.3 Å². The van der Waals surface area contributed by atoms with Crippen LogP contribution in [0.1, 0.15) is 12.0 Å². The maximum absolute atomic E-state index is 12.5. The number of aromatic amines is 1. The Morgan fingerprint density at radius 2 is 2.00 bits per heavy atom. The molecular weight excluding hydrogens is 352 g/mol. The highest BCUT2D eigenvalue weighted by Crippen LogP contribution is 2.22. The molecule has 1 aliphatic heterocycles. The van der Waals surface area contributed by atoms with Crippen molar-refractivity contribution in [1.82, 2.24) is 14.9 Å². The Morgan fingerprint density at radius 3 is 2.77 bits per heavy atom. The van der Waals surface area contributed by atoms with Crippen molar-refractivity contribution >= 4 is 40.4 Å². The van der Waals surface area contributed by atoms with Crippen molar-refractivity contribution in [2.24, 2.45) is 5.92 Å². The Kier molecular flexibility index (Phi) is 4.34. The molecule has 0 bridgehead atoms. The van der Waals surface area contributed by atoms with Crippen LogP contribution in [-0.2, 0) is 16.1 Å². The molecule has 26 heavy (non-hydrogen) atoms. The minimum absolute atomic E-state index is 0.0234. The monoisotopic (exact) mass is 368 g/mol. The first-order chi connectivity index (χ1) is 12.6. The molecule has 2 amide bonds. The molecule has 0 saturated carbocycles. The van der Waals surface area contributed by atoms with Crippen LogP contribution in [0.15, 0.2) is 48.5 Å². The van der Waals surface area contributed by atoms with Crippen LogP contribution in [0, 0.1) is 5.92 Å². The van der Waals surface area contributed by atoms with Crippen molar-refractivity contribution in [3.8, 4) is 0 Å². The highest BCUT2D eigenvalue weighted by atomic mass is 35.5. The summed E-state index contributed by atoms with van der Waals surface area (Å²) in [6, 6.07) is 14.9. The van der Waals surface area contributed by atoms with E-state index in [1.54, 1.807) is 17.0 Å². The molecule has 2 aromatic carbocycles. The van der Waals surface area contributed by atoms with Gasteiger partial charge in [-0.1, -0.05) is 35.9 Å². The Morgan fingerprint density at radius 1 is 1.23 bits per heavy atom. The van der Waals surface area contributed by atoms with Crippen LogP contribution in [0.5, 0.6) is 0 Å². The molecule has 2 heterocycles. The van der Waals surface area contributed by atoms with Gasteiger partial charge in [0.25, 0.3) is 0 Å². The fourth-order valence-electron chi connectivity index (χ4n) is 3.14. The number of hydrogen-bond acceptors (Lipinski definition) is 3. The van der Waals surface area contributed by atoms with Gasteiger partial charge in [-0.25, -0.2) is 4.98 Å². The number of carbonyl (C=O) groups is 2. The summed E-state index contributed by atoms with van der Waals surface area (Å²) in [4.78, 5) is 33.9. The summed E-state index contributed by atoms with van der Waals surface area (Å²) < 4.78 is 0. The van der Waals surface area contributed by atoms with Gasteiger partial charge in [0, 0.05) is 24.5 Å². The zero-order chi connectivity index (χ0) is 18.1. The average molecular weight is 369 g/mol. The van der Waals surface area contributed by atoms with Crippen LogP contribution in [0.4, 0.5) is 5.95 Å². The third-order valence-electron chi connectivity index (χ3n) is 4.50. The topological polar surface area (TPSA) is 78.1 Å². The molecule has 6 nitrogen and oxygen atoms in total. The van der Waals surface area contributed by atoms with Gasteiger partial charge in [0.1, 0.15) is 0 Å². The summed E-state index contributed by atoms with van der Waals surface area (Å²) in [6.07, 6.45) is 0.208. The van der Waals surface area contributed by atoms with Crippen molar-refractivity contribution in [3.05, 3.63) is 59.1 Å². The molecule has 4 rings (SSSR count). The van der Waals surface area contributed by atoms with Gasteiger partial charge in [-0.3, -0.25) is 14.9 Å². The van der Waals surface area contributed by atoms with Gasteiger partial charge < -0.3 is 9.88 Å². The van der Waals surface area contributed by atoms with E-state index in [1.165, 1.54) is 0 Å². The number of imidazole rings is 1. The van der Waals surface area contributed by atoms with Gasteiger partial charge in [-0.2, -0.15) is 0 Å². The van der Waals surface area contributed by atoms with Gasteiger partial charge in [0.05, 0.1) is 17.0 Å². The number of hydrogen-bond donors (Lipinski definition) is 2. The van der Waals surface area contributed by atoms with Crippen LogP contribution in [-0.4, -0.2) is 33.2 Å². The number of halogens is 1. The van der Waals surface area contributed by atoms with E-state index in [-0.39, 0.29) is 24.2 Å². The molecule has 1 aromatic heterocycles. The molecule has 1 aliphatic rings. The molecule has 3 aromatic rings. The smallest absolute Gasteiger partial charge is 0.232 e. The number of benzene rings is 2. The molecule has 0 aliphatic carbocycles. The number of H-pyrrole nitrogens is 1. The SMILES string of the molecule is O=C(Nc1nc2ccccc2[nH]1)[C@@H]1CC(=O)N(Cc2ccc(Cl)cc2)C1. The fraction of sp³-hybridized carbons (Fsp3) is 0.211. The van der Waals surface area contributed by atoms with Crippen LogP contribution in [0.2, 0.25) is 5.02 Å². The van der Waals surface area contributed by atoms with Crippen LogP contribution >= 0.6 is 11.6 Å². The Balaban J connectivity index is 1.40. The quantitative estimate of drug-likeness (QED) is 0.742. The number of nitrogens with zero attached hydrogens (tertiary/aromatic N) is 2. The van der Waals surface area contributed by atoms with E-state index < -0.39 is 0 Å². The normalized spacial score (nSPS) is 17.0. The van der Waals surface area contributed by atoms with Gasteiger partial charge in [-0.15, -0.1) is 0 Å². The van der Waals surface area contributed by atoms with Crippen LogP contribution in [0.3, 0.4) is 0 Å². The lowest BCUT2D eigenvalue weighted by atomic mass is 10.1. The van der Waals surface area contributed by atoms with E-state index in [0.29, 0.717) is 24.1 Å². The number of fused-ring (bicyclic) bond motifs is 1. The lowest BCUT2D eigenvalue weighted by Gasteiger charge is -2.16. The standard InChI is InChI=1S/C19H17ClN4O2/c20-14-7-5-12(6-8-14)10-24-11-13(9-17(24)25)18(26)23-19-21-15-3-1-2-4-16(15)22-19/h1-8,13H,9-11H2,(H2,21,22,23,26)/t13-/m1/s1. The number of carbonyl (C=O) groups excluding carboxylic acids is 2. The lowest BCUT2D eigenvalue weighted by molar-refractivity contribution is -0.128. The summed E-state index contributed by atoms with van der Waals surface area (Å²) in [6.45, 7) is 0.873. The summed E-state index contributed by atoms with van der Waals surface area (Å²) >= 11 is 5.89. The highest BCUT2D eigenvalue weighted by molar-refractivity contribution is 6.30. The number of para-hydroxylation sites is 2. The second-order valence-corrected chi connectivity index (χ2v) is 6.83. The van der Waals surface area contributed by atoms with Crippen LogP contribution < -0.4 is 5.32 Å². The predicted octanol–water partition coefficient (Wildman–Crippen LogP) is 3.20. The number of rotatable bonds is 4. The zero-order valence-corrected chi connectivity index (χ0v) is 14.7. The highest BCUT2D eigenvalue weighted by Gasteiger charge is 2.34. The number of nitrogens with one attached hydrogen (secondary N) is 2. The molecule has 0 unspecified atom stereocenters. The third kappa shape index (κ3) is 3.41. The first kappa shape index (κ1) is 16.6. The van der Waals surface area contributed by atoms with Crippen molar-refractivity contribution < 1.29 is 9.59 Å². The number of anilines is 1. The minimum atomic E-state index is -0.386. The Hall–Kier alpha value is -2.86. The van der Waals surface area contributed by atoms with Crippen molar-refractivity contribution in [3.63, 3.8) is 0 Å². The summed E-state index contributed by atoms with van der Waals surface area (Å²) in [5, 5.41) is 3.44. The number of aromatic nitrogens is 2. The summed E-state index contributed by atoms with van der Waals surface area (Å²) in [5.41, 5.74) is 2.63. The second-order valence-electron chi connectivity index (χ2n) is 6.39. The van der Waals surface area contributed by atoms with Crippen molar-refractivity contribution in [2.75, 3.05) is 11.9 Å². The van der Waals surface area contributed by atoms with E-state index in [4.69, 9.17) is 11.6 Å². The molecule has 2 N–H and O–H groups in total. The minimum Gasteiger partial charge on any atom is -0.338 e. The summed E-state index contributed by atoms with van der Waals surface area (Å²) in [7, 11) is 0. The average Bonchev–Trinajstić information content (AvgIpc) is 3.20. The maximum Gasteiger partial charge on any atom is 0.232 e. The van der Waals surface area contributed by atoms with Crippen molar-refractivity contribution in [1.29, 1.82) is 0 Å². The second kappa shape index (κ2) is 6.80. The lowest BCUT2D eigenvalue weighted by Crippen LogP contribution is -2.28. The molecule has 7 heteroatoms. The van der Waals surface area contributed by atoms with E-state index >= 15 is 0 Å². The molecule has 0 spiro atoms. The van der Waals surface area contributed by atoms with Crippen molar-refractivity contribution in [2.45, 2.75) is 13.0 Å². The number of likely N-dealkylation sites (tertiary alicyclic amines) is 1. The van der Waals surface area contributed by atoms with E-state index in [9.17, 15) is 9.59 Å². The van der Waals surface area contributed by atoms with Gasteiger partial charge in [0.2, 0.25) is 17.8 Å². The first-order valence-corrected chi connectivity index (χ1v) is 8.74. The predicted molar refractivity (Wildman–Crippen MR) is 99.7 cm³/mol. The van der Waals surface area contributed by atoms with Gasteiger partial charge >= 0.3 is 0 Å². The van der Waals surface area contributed by atoms with E-state index in [1.807, 2.05) is 36.4 Å². The van der Waals surface area contributed by atoms with Gasteiger partial charge in [0.15, 0.2) is 0 Å². The molecular formula is C19H17ClN4O2. The Labute approximate surface area is 155 Å². The number of amides is 2. The third-order valence-corrected chi connectivity index (χ3v) is 4.75. The van der Waals surface area contributed by atoms with Crippen LogP contribution in [0.25, 0.3) is 11.0 Å². The zero-order valence-electron chi connectivity index (χ0n) is 13.9. The van der Waals surface area contributed by atoms with E-state index in [0.717, 1.165) is 16.6 Å². The van der Waals surface area contributed by atoms with Gasteiger partial charge in [-0.05, 0) is 29.8 Å². The molecule has 132 valence electrons.